The van der Waals surface area contributed by atoms with Crippen LogP contribution in [-0.2, 0) is 0 Å². The molecule has 4 nitrogen and oxygen atoms in total. The van der Waals surface area contributed by atoms with Crippen molar-refractivity contribution in [2.45, 2.75) is 44.7 Å². The van der Waals surface area contributed by atoms with Crippen LogP contribution >= 0.6 is 11.3 Å². The second kappa shape index (κ2) is 4.97. The lowest BCUT2D eigenvalue weighted by Crippen LogP contribution is -2.44. The molecular weight excluding hydrogens is 268 g/mol. The lowest BCUT2D eigenvalue weighted by atomic mass is 10.0. The quantitative estimate of drug-likeness (QED) is 0.922. The first-order chi connectivity index (χ1) is 9.84. The van der Waals surface area contributed by atoms with E-state index in [9.17, 15) is 0 Å². The van der Waals surface area contributed by atoms with Crippen molar-refractivity contribution in [3.63, 3.8) is 0 Å². The number of thiophene rings is 1. The van der Waals surface area contributed by atoms with Crippen LogP contribution in [0, 0.1) is 6.92 Å². The first-order valence-corrected chi connectivity index (χ1v) is 8.41. The molecule has 2 aliphatic heterocycles. The summed E-state index contributed by atoms with van der Waals surface area (Å²) >= 11 is 1.78. The van der Waals surface area contributed by atoms with E-state index in [1.54, 1.807) is 17.7 Å². The third-order valence-corrected chi connectivity index (χ3v) is 5.73. The Morgan fingerprint density at radius 1 is 1.30 bits per heavy atom. The topological polar surface area (TPSA) is 41.0 Å². The maximum atomic E-state index is 4.62. The van der Waals surface area contributed by atoms with Crippen molar-refractivity contribution in [1.29, 1.82) is 0 Å². The predicted molar refractivity (Wildman–Crippen MR) is 83.5 cm³/mol. The highest BCUT2D eigenvalue weighted by Crippen LogP contribution is 2.36. The summed E-state index contributed by atoms with van der Waals surface area (Å²) in [4.78, 5) is 11.6. The van der Waals surface area contributed by atoms with Crippen molar-refractivity contribution < 1.29 is 0 Å². The van der Waals surface area contributed by atoms with Gasteiger partial charge in [-0.25, -0.2) is 9.97 Å². The largest absolute Gasteiger partial charge is 0.351 e. The van der Waals surface area contributed by atoms with Gasteiger partial charge in [0.1, 0.15) is 12.1 Å². The molecule has 0 bridgehead atoms. The van der Waals surface area contributed by atoms with Gasteiger partial charge in [-0.05, 0) is 50.1 Å². The van der Waals surface area contributed by atoms with Crippen LogP contribution in [0.2, 0.25) is 0 Å². The summed E-state index contributed by atoms with van der Waals surface area (Å²) in [7, 11) is 0. The molecule has 0 spiro atoms. The predicted octanol–water partition coefficient (Wildman–Crippen LogP) is 2.72. The third-order valence-electron chi connectivity index (χ3n) is 4.65. The molecule has 4 rings (SSSR count). The molecule has 2 saturated heterocycles. The van der Waals surface area contributed by atoms with E-state index >= 15 is 0 Å². The Bertz CT molecular complexity index is 617. The van der Waals surface area contributed by atoms with Crippen molar-refractivity contribution in [3.05, 3.63) is 17.3 Å². The molecule has 5 heteroatoms. The monoisotopic (exact) mass is 288 g/mol. The van der Waals surface area contributed by atoms with Crippen LogP contribution in [0.4, 0.5) is 5.82 Å². The molecular formula is C15H20N4S. The highest BCUT2D eigenvalue weighted by molar-refractivity contribution is 7.18. The van der Waals surface area contributed by atoms with E-state index in [-0.39, 0.29) is 0 Å². The smallest absolute Gasteiger partial charge is 0.150 e. The zero-order chi connectivity index (χ0) is 13.5. The van der Waals surface area contributed by atoms with Gasteiger partial charge >= 0.3 is 0 Å². The van der Waals surface area contributed by atoms with Crippen molar-refractivity contribution in [1.82, 2.24) is 15.3 Å². The minimum atomic E-state index is 0.609. The van der Waals surface area contributed by atoms with E-state index in [1.807, 2.05) is 0 Å². The van der Waals surface area contributed by atoms with Crippen LogP contribution in [0.5, 0.6) is 0 Å². The molecule has 2 fully saturated rings. The van der Waals surface area contributed by atoms with Crippen molar-refractivity contribution in [3.8, 4) is 0 Å². The second-order valence-electron chi connectivity index (χ2n) is 5.90. The average molecular weight is 288 g/mol. The van der Waals surface area contributed by atoms with Gasteiger partial charge in [0.25, 0.3) is 0 Å². The van der Waals surface area contributed by atoms with E-state index in [2.05, 4.69) is 32.5 Å². The molecule has 20 heavy (non-hydrogen) atoms. The molecule has 2 aromatic rings. The molecule has 2 aromatic heterocycles. The van der Waals surface area contributed by atoms with E-state index in [0.717, 1.165) is 17.9 Å². The van der Waals surface area contributed by atoms with E-state index in [1.165, 1.54) is 42.5 Å². The molecule has 0 amide bonds. The number of nitrogens with zero attached hydrogens (tertiary/aromatic N) is 3. The Kier molecular flexibility index (Phi) is 3.11. The van der Waals surface area contributed by atoms with E-state index in [0.29, 0.717) is 12.1 Å². The normalized spacial score (nSPS) is 26.8. The highest BCUT2D eigenvalue weighted by Gasteiger charge is 2.34. The number of hydrogen-bond donors (Lipinski definition) is 1. The number of fused-ring (bicyclic) bond motifs is 1. The van der Waals surface area contributed by atoms with Crippen molar-refractivity contribution in [2.75, 3.05) is 18.0 Å². The summed E-state index contributed by atoms with van der Waals surface area (Å²) < 4.78 is 1.26. The Labute approximate surface area is 123 Å². The fourth-order valence-corrected chi connectivity index (χ4v) is 4.68. The van der Waals surface area contributed by atoms with Gasteiger partial charge < -0.3 is 10.2 Å². The van der Waals surface area contributed by atoms with Gasteiger partial charge in [-0.15, -0.1) is 11.3 Å². The van der Waals surface area contributed by atoms with Crippen LogP contribution in [0.25, 0.3) is 10.2 Å². The number of aryl methyl sites for hydroxylation is 1. The molecule has 106 valence electrons. The molecule has 0 radical (unpaired) electrons. The van der Waals surface area contributed by atoms with Gasteiger partial charge in [0.15, 0.2) is 0 Å². The third kappa shape index (κ3) is 1.91. The first-order valence-electron chi connectivity index (χ1n) is 7.53. The summed E-state index contributed by atoms with van der Waals surface area (Å²) in [5.41, 5.74) is 2.40. The van der Waals surface area contributed by atoms with Gasteiger partial charge in [-0.2, -0.15) is 0 Å². The maximum Gasteiger partial charge on any atom is 0.150 e. The van der Waals surface area contributed by atoms with Crippen LogP contribution in [0.1, 0.15) is 31.2 Å². The van der Waals surface area contributed by atoms with Gasteiger partial charge in [0.05, 0.1) is 10.2 Å². The number of anilines is 1. The SMILES string of the molecule is Cc1csc2c(N3CCCC3C3CCCN3)ncnc12. The van der Waals surface area contributed by atoms with Gasteiger partial charge in [-0.3, -0.25) is 0 Å². The number of nitrogens with one attached hydrogen (secondary N) is 1. The van der Waals surface area contributed by atoms with Crippen LogP contribution in [0.15, 0.2) is 11.7 Å². The molecule has 2 aliphatic rings. The highest BCUT2D eigenvalue weighted by atomic mass is 32.1. The molecule has 0 aliphatic carbocycles. The van der Waals surface area contributed by atoms with Crippen molar-refractivity contribution in [2.24, 2.45) is 0 Å². The molecule has 0 saturated carbocycles. The number of hydrogen-bond acceptors (Lipinski definition) is 5. The Hall–Kier alpha value is -1.20. The van der Waals surface area contributed by atoms with Crippen LogP contribution in [-0.4, -0.2) is 35.1 Å². The average Bonchev–Trinajstić information content (AvgIpc) is 3.18. The Morgan fingerprint density at radius 3 is 3.10 bits per heavy atom. The summed E-state index contributed by atoms with van der Waals surface area (Å²) in [5.74, 6) is 1.16. The molecule has 0 aromatic carbocycles. The lowest BCUT2D eigenvalue weighted by Gasteiger charge is -2.30. The van der Waals surface area contributed by atoms with Gasteiger partial charge in [-0.1, -0.05) is 0 Å². The summed E-state index contributed by atoms with van der Waals surface area (Å²) in [5, 5.41) is 5.87. The second-order valence-corrected chi connectivity index (χ2v) is 6.78. The Morgan fingerprint density at radius 2 is 2.25 bits per heavy atom. The summed E-state index contributed by atoms with van der Waals surface area (Å²) in [6, 6.07) is 1.25. The summed E-state index contributed by atoms with van der Waals surface area (Å²) in [6.07, 6.45) is 6.91. The van der Waals surface area contributed by atoms with Crippen LogP contribution in [0.3, 0.4) is 0 Å². The van der Waals surface area contributed by atoms with E-state index in [4.69, 9.17) is 0 Å². The maximum absolute atomic E-state index is 4.62. The van der Waals surface area contributed by atoms with Gasteiger partial charge in [0.2, 0.25) is 0 Å². The van der Waals surface area contributed by atoms with Crippen molar-refractivity contribution >= 4 is 27.4 Å². The van der Waals surface area contributed by atoms with Crippen LogP contribution < -0.4 is 10.2 Å². The lowest BCUT2D eigenvalue weighted by molar-refractivity contribution is 0.481. The molecule has 4 heterocycles. The fourth-order valence-electron chi connectivity index (χ4n) is 3.68. The number of rotatable bonds is 2. The number of aromatic nitrogens is 2. The zero-order valence-electron chi connectivity index (χ0n) is 11.8. The fraction of sp³-hybridized carbons (Fsp3) is 0.600. The molecule has 2 atom stereocenters. The summed E-state index contributed by atoms with van der Waals surface area (Å²) in [6.45, 7) is 4.44. The first kappa shape index (κ1) is 12.5. The Balaban J connectivity index is 1.74. The minimum Gasteiger partial charge on any atom is -0.351 e. The molecule has 2 unspecified atom stereocenters. The standard InChI is InChI=1S/C15H20N4S/c1-10-8-20-14-13(10)17-9-18-15(14)19-7-3-5-12(19)11-4-2-6-16-11/h8-9,11-12,16H,2-7H2,1H3. The minimum absolute atomic E-state index is 0.609. The zero-order valence-corrected chi connectivity index (χ0v) is 12.6. The van der Waals surface area contributed by atoms with Gasteiger partial charge in [0, 0.05) is 18.6 Å². The van der Waals surface area contributed by atoms with E-state index < -0.39 is 0 Å². The molecule has 1 N–H and O–H groups in total.